The van der Waals surface area contributed by atoms with Crippen LogP contribution in [0.4, 0.5) is 0 Å². The van der Waals surface area contributed by atoms with E-state index < -0.39 is 0 Å². The van der Waals surface area contributed by atoms with Gasteiger partial charge in [-0.1, -0.05) is 66.7 Å². The van der Waals surface area contributed by atoms with Crippen molar-refractivity contribution >= 4 is 38.2 Å². The minimum absolute atomic E-state index is 0.992. The molecule has 0 N–H and O–H groups in total. The number of hydrogen-bond donors (Lipinski definition) is 0. The second-order valence-electron chi connectivity index (χ2n) is 8.16. The molecule has 0 radical (unpaired) electrons. The Morgan fingerprint density at radius 1 is 0.531 bits per heavy atom. The lowest BCUT2D eigenvalue weighted by atomic mass is 9.99. The van der Waals surface area contributed by atoms with Crippen LogP contribution in [0.3, 0.4) is 0 Å². The molecule has 3 aromatic heterocycles. The second kappa shape index (κ2) is 6.56. The van der Waals surface area contributed by atoms with E-state index in [0.29, 0.717) is 0 Å². The van der Waals surface area contributed by atoms with E-state index in [2.05, 4.69) is 117 Å². The average molecular weight is 409 g/mol. The summed E-state index contributed by atoms with van der Waals surface area (Å²) in [4.78, 5) is 4.55. The largest absolute Gasteiger partial charge is 0.309 e. The Morgan fingerprint density at radius 3 is 1.97 bits per heavy atom. The number of para-hydroxylation sites is 2. The van der Waals surface area contributed by atoms with Crippen molar-refractivity contribution in [3.63, 3.8) is 0 Å². The van der Waals surface area contributed by atoms with Crippen LogP contribution < -0.4 is 0 Å². The highest BCUT2D eigenvalue weighted by atomic mass is 15.0. The molecule has 0 aliphatic rings. The molecular weight excluding hydrogens is 390 g/mol. The molecule has 3 nitrogen and oxygen atoms in total. The van der Waals surface area contributed by atoms with Crippen LogP contribution in [0.5, 0.6) is 0 Å². The number of rotatable bonds is 2. The molecule has 4 aromatic carbocycles. The van der Waals surface area contributed by atoms with Crippen molar-refractivity contribution in [2.45, 2.75) is 0 Å². The third-order valence-electron chi connectivity index (χ3n) is 6.43. The highest BCUT2D eigenvalue weighted by Gasteiger charge is 2.12. The molecule has 0 spiro atoms. The molecule has 0 atom stereocenters. The lowest BCUT2D eigenvalue weighted by Gasteiger charge is -2.11. The van der Waals surface area contributed by atoms with E-state index in [1.165, 1.54) is 49.4 Å². The standard InChI is InChI=1S/C29H19N3/c1-3-10-27-24(6-1)25-7-2-4-11-28(25)32(27)21-14-12-20(13-15-21)22-8-5-9-26-23(22)16-18-31-19-17-30-29(26)31/h1-19H. The summed E-state index contributed by atoms with van der Waals surface area (Å²) in [6.07, 6.45) is 5.92. The van der Waals surface area contributed by atoms with Crippen molar-refractivity contribution < 1.29 is 0 Å². The molecule has 150 valence electrons. The van der Waals surface area contributed by atoms with Crippen molar-refractivity contribution in [3.05, 3.63) is 116 Å². The Morgan fingerprint density at radius 2 is 1.22 bits per heavy atom. The number of fused-ring (bicyclic) bond motifs is 6. The quantitative estimate of drug-likeness (QED) is 0.295. The summed E-state index contributed by atoms with van der Waals surface area (Å²) in [6, 6.07) is 34.8. The van der Waals surface area contributed by atoms with Gasteiger partial charge in [0.1, 0.15) is 5.65 Å². The van der Waals surface area contributed by atoms with E-state index >= 15 is 0 Å². The van der Waals surface area contributed by atoms with E-state index in [0.717, 1.165) is 5.65 Å². The van der Waals surface area contributed by atoms with Gasteiger partial charge in [0.15, 0.2) is 0 Å². The molecule has 0 bridgehead atoms. The lowest BCUT2D eigenvalue weighted by molar-refractivity contribution is 1.18. The Kier molecular flexibility index (Phi) is 3.55. The summed E-state index contributed by atoms with van der Waals surface area (Å²) in [5.74, 6) is 0. The van der Waals surface area contributed by atoms with Crippen molar-refractivity contribution in [2.75, 3.05) is 0 Å². The number of imidazole rings is 1. The van der Waals surface area contributed by atoms with Gasteiger partial charge in [-0.05, 0) is 46.8 Å². The fourth-order valence-electron chi connectivity index (χ4n) is 4.98. The van der Waals surface area contributed by atoms with Crippen LogP contribution in [0.25, 0.3) is 55.0 Å². The normalized spacial score (nSPS) is 11.8. The zero-order valence-corrected chi connectivity index (χ0v) is 17.3. The van der Waals surface area contributed by atoms with Crippen molar-refractivity contribution in [2.24, 2.45) is 0 Å². The Bertz CT molecular complexity index is 1710. The molecule has 0 saturated carbocycles. The summed E-state index contributed by atoms with van der Waals surface area (Å²) in [6.45, 7) is 0. The van der Waals surface area contributed by atoms with Crippen molar-refractivity contribution in [1.29, 1.82) is 0 Å². The fraction of sp³-hybridized carbons (Fsp3) is 0. The number of hydrogen-bond acceptors (Lipinski definition) is 1. The van der Waals surface area contributed by atoms with E-state index in [9.17, 15) is 0 Å². The number of nitrogens with zero attached hydrogens (tertiary/aromatic N) is 3. The van der Waals surface area contributed by atoms with Crippen LogP contribution >= 0.6 is 0 Å². The molecule has 0 aliphatic carbocycles. The molecule has 7 aromatic rings. The van der Waals surface area contributed by atoms with Crippen molar-refractivity contribution in [1.82, 2.24) is 14.0 Å². The monoisotopic (exact) mass is 409 g/mol. The second-order valence-corrected chi connectivity index (χ2v) is 8.16. The maximum Gasteiger partial charge on any atom is 0.144 e. The Labute approximate surface area is 184 Å². The van der Waals surface area contributed by atoms with Crippen LogP contribution in [0.1, 0.15) is 0 Å². The molecule has 3 heteroatoms. The van der Waals surface area contributed by atoms with Gasteiger partial charge in [-0.15, -0.1) is 0 Å². The van der Waals surface area contributed by atoms with Crippen LogP contribution in [0, 0.1) is 0 Å². The van der Waals surface area contributed by atoms with Gasteiger partial charge in [0.25, 0.3) is 0 Å². The first kappa shape index (κ1) is 17.3. The molecule has 0 saturated heterocycles. The zero-order valence-electron chi connectivity index (χ0n) is 17.3. The van der Waals surface area contributed by atoms with Crippen LogP contribution in [-0.2, 0) is 0 Å². The fourth-order valence-corrected chi connectivity index (χ4v) is 4.98. The van der Waals surface area contributed by atoms with Gasteiger partial charge in [0.05, 0.1) is 11.0 Å². The van der Waals surface area contributed by atoms with E-state index in [1.54, 1.807) is 0 Å². The van der Waals surface area contributed by atoms with Gasteiger partial charge in [-0.3, -0.25) is 0 Å². The maximum atomic E-state index is 4.55. The number of benzene rings is 4. The molecule has 0 fully saturated rings. The third kappa shape index (κ3) is 2.39. The van der Waals surface area contributed by atoms with Gasteiger partial charge in [-0.2, -0.15) is 0 Å². The molecule has 0 aliphatic heterocycles. The molecular formula is C29H19N3. The van der Waals surface area contributed by atoms with Crippen LogP contribution in [-0.4, -0.2) is 14.0 Å². The number of aromatic nitrogens is 3. The van der Waals surface area contributed by atoms with E-state index in [-0.39, 0.29) is 0 Å². The lowest BCUT2D eigenvalue weighted by Crippen LogP contribution is -1.93. The zero-order chi connectivity index (χ0) is 21.1. The third-order valence-corrected chi connectivity index (χ3v) is 6.43. The summed E-state index contributed by atoms with van der Waals surface area (Å²) >= 11 is 0. The molecule has 0 amide bonds. The predicted octanol–water partition coefficient (Wildman–Crippen LogP) is 7.25. The van der Waals surface area contributed by atoms with Gasteiger partial charge in [-0.25, -0.2) is 4.98 Å². The minimum Gasteiger partial charge on any atom is -0.309 e. The van der Waals surface area contributed by atoms with Gasteiger partial charge < -0.3 is 8.97 Å². The average Bonchev–Trinajstić information content (AvgIpc) is 3.47. The van der Waals surface area contributed by atoms with Gasteiger partial charge in [0, 0.05) is 40.4 Å². The first-order valence-corrected chi connectivity index (χ1v) is 10.8. The maximum absolute atomic E-state index is 4.55. The first-order valence-electron chi connectivity index (χ1n) is 10.8. The molecule has 0 unspecified atom stereocenters. The van der Waals surface area contributed by atoms with Crippen LogP contribution in [0.2, 0.25) is 0 Å². The first-order chi connectivity index (χ1) is 15.9. The highest BCUT2D eigenvalue weighted by Crippen LogP contribution is 2.34. The highest BCUT2D eigenvalue weighted by molar-refractivity contribution is 6.09. The van der Waals surface area contributed by atoms with Gasteiger partial charge >= 0.3 is 0 Å². The summed E-state index contributed by atoms with van der Waals surface area (Å²) in [5, 5.41) is 4.95. The summed E-state index contributed by atoms with van der Waals surface area (Å²) in [7, 11) is 0. The molecule has 7 rings (SSSR count). The molecule has 32 heavy (non-hydrogen) atoms. The number of pyridine rings is 1. The van der Waals surface area contributed by atoms with E-state index in [4.69, 9.17) is 0 Å². The van der Waals surface area contributed by atoms with Crippen molar-refractivity contribution in [3.8, 4) is 16.8 Å². The molecule has 3 heterocycles. The Balaban J connectivity index is 1.42. The summed E-state index contributed by atoms with van der Waals surface area (Å²) in [5.41, 5.74) is 7.05. The van der Waals surface area contributed by atoms with E-state index in [1.807, 2.05) is 12.4 Å². The smallest absolute Gasteiger partial charge is 0.144 e. The predicted molar refractivity (Wildman–Crippen MR) is 132 cm³/mol. The minimum atomic E-state index is 0.992. The topological polar surface area (TPSA) is 22.2 Å². The van der Waals surface area contributed by atoms with Gasteiger partial charge in [0.2, 0.25) is 0 Å². The van der Waals surface area contributed by atoms with Crippen LogP contribution in [0.15, 0.2) is 116 Å². The summed E-state index contributed by atoms with van der Waals surface area (Å²) < 4.78 is 4.42. The SMILES string of the molecule is c1ccc2c(c1)c1ccccc1n2-c1ccc(-c2cccc3c2ccn2ccnc32)cc1. The Hall–Kier alpha value is -4.37.